The lowest BCUT2D eigenvalue weighted by Gasteiger charge is -2.08. The molecule has 2 heterocycles. The van der Waals surface area contributed by atoms with Crippen LogP contribution < -0.4 is 5.43 Å². The second kappa shape index (κ2) is 5.60. The second-order valence-electron chi connectivity index (χ2n) is 3.45. The smallest absolute Gasteiger partial charge is 0.302 e. The maximum Gasteiger partial charge on any atom is 0.386 e. The van der Waals surface area contributed by atoms with Crippen LogP contribution in [0.5, 0.6) is 0 Å². The number of hydrogen-bond donors (Lipinski definition) is 1. The maximum atomic E-state index is 12.7. The van der Waals surface area contributed by atoms with Crippen LogP contribution in [-0.4, -0.2) is 17.4 Å². The van der Waals surface area contributed by atoms with Crippen LogP contribution in [0.2, 0.25) is 0 Å². The van der Waals surface area contributed by atoms with E-state index >= 15 is 0 Å². The molecule has 2 rings (SSSR count). The summed E-state index contributed by atoms with van der Waals surface area (Å²) in [6.45, 7) is 0.188. The Bertz CT molecular complexity index is 375. The van der Waals surface area contributed by atoms with E-state index < -0.39 is 6.18 Å². The third kappa shape index (κ3) is 5.84. The summed E-state index contributed by atoms with van der Waals surface area (Å²) in [4.78, 5) is 3.76. The van der Waals surface area contributed by atoms with Crippen molar-refractivity contribution in [2.45, 2.75) is 25.6 Å². The molecule has 0 amide bonds. The molecule has 1 aromatic rings. The van der Waals surface area contributed by atoms with Crippen molar-refractivity contribution in [3.63, 3.8) is 0 Å². The Morgan fingerprint density at radius 2 is 2.00 bits per heavy atom. The summed E-state index contributed by atoms with van der Waals surface area (Å²) >= 11 is 0. The van der Waals surface area contributed by atoms with Gasteiger partial charge in [-0.3, -0.25) is 4.98 Å². The largest absolute Gasteiger partial charge is 0.386 e. The molecule has 1 aliphatic rings. The summed E-state index contributed by atoms with van der Waals surface area (Å²) in [5.41, 5.74) is 3.70. The SMILES string of the molecule is CC(F)(F)F.Fc1cncc(C2CC=NN2)c1. The number of halogens is 4. The molecule has 0 radical (unpaired) electrons. The number of hydrazone groups is 1. The van der Waals surface area contributed by atoms with Gasteiger partial charge in [0.2, 0.25) is 0 Å². The van der Waals surface area contributed by atoms with Crippen molar-refractivity contribution in [3.8, 4) is 0 Å². The minimum Gasteiger partial charge on any atom is -0.302 e. The average molecular weight is 249 g/mol. The minimum atomic E-state index is -4.00. The van der Waals surface area contributed by atoms with Crippen molar-refractivity contribution >= 4 is 6.21 Å². The molecule has 0 bridgehead atoms. The highest BCUT2D eigenvalue weighted by Crippen LogP contribution is 2.18. The fraction of sp³-hybridized carbons (Fsp3) is 0.400. The Labute approximate surface area is 95.6 Å². The molecule has 0 saturated carbocycles. The molecule has 0 aliphatic carbocycles. The van der Waals surface area contributed by atoms with Gasteiger partial charge in [0, 0.05) is 25.8 Å². The third-order valence-electron chi connectivity index (χ3n) is 1.79. The van der Waals surface area contributed by atoms with Gasteiger partial charge in [0.05, 0.1) is 12.2 Å². The van der Waals surface area contributed by atoms with Gasteiger partial charge >= 0.3 is 6.18 Å². The Kier molecular flexibility index (Phi) is 4.42. The molecule has 1 aliphatic heterocycles. The second-order valence-corrected chi connectivity index (χ2v) is 3.45. The van der Waals surface area contributed by atoms with Gasteiger partial charge in [0.15, 0.2) is 0 Å². The zero-order valence-electron chi connectivity index (χ0n) is 9.00. The summed E-state index contributed by atoms with van der Waals surface area (Å²) < 4.78 is 43.8. The molecule has 94 valence electrons. The first-order valence-corrected chi connectivity index (χ1v) is 4.80. The van der Waals surface area contributed by atoms with Crippen LogP contribution in [0.15, 0.2) is 23.6 Å². The quantitative estimate of drug-likeness (QED) is 0.777. The number of aromatic nitrogens is 1. The fourth-order valence-electron chi connectivity index (χ4n) is 1.18. The van der Waals surface area contributed by atoms with Gasteiger partial charge in [-0.25, -0.2) is 4.39 Å². The van der Waals surface area contributed by atoms with Crippen molar-refractivity contribution in [1.29, 1.82) is 0 Å². The van der Waals surface area contributed by atoms with Crippen LogP contribution in [-0.2, 0) is 0 Å². The molecule has 1 aromatic heterocycles. The Morgan fingerprint density at radius 1 is 1.35 bits per heavy atom. The van der Waals surface area contributed by atoms with E-state index in [1.165, 1.54) is 12.3 Å². The van der Waals surface area contributed by atoms with Gasteiger partial charge in [-0.15, -0.1) is 0 Å². The number of nitrogens with one attached hydrogen (secondary N) is 1. The number of pyridine rings is 1. The zero-order chi connectivity index (χ0) is 12.9. The summed E-state index contributed by atoms with van der Waals surface area (Å²) in [6.07, 6.45) is 1.41. The van der Waals surface area contributed by atoms with Gasteiger partial charge < -0.3 is 5.43 Å². The average Bonchev–Trinajstić information content (AvgIpc) is 2.67. The van der Waals surface area contributed by atoms with E-state index in [0.717, 1.165) is 12.0 Å². The molecule has 0 spiro atoms. The van der Waals surface area contributed by atoms with Crippen LogP contribution in [0.4, 0.5) is 17.6 Å². The first-order valence-electron chi connectivity index (χ1n) is 4.80. The van der Waals surface area contributed by atoms with Crippen LogP contribution in [0, 0.1) is 5.82 Å². The highest BCUT2D eigenvalue weighted by Gasteiger charge is 2.15. The Morgan fingerprint density at radius 3 is 2.47 bits per heavy atom. The van der Waals surface area contributed by atoms with E-state index in [0.29, 0.717) is 0 Å². The zero-order valence-corrected chi connectivity index (χ0v) is 9.00. The number of hydrogen-bond acceptors (Lipinski definition) is 3. The molecule has 0 fully saturated rings. The minimum absolute atomic E-state index is 0.0909. The lowest BCUT2D eigenvalue weighted by molar-refractivity contribution is -0.110. The molecule has 0 saturated heterocycles. The first kappa shape index (κ1) is 13.4. The Hall–Kier alpha value is -1.66. The highest BCUT2D eigenvalue weighted by molar-refractivity contribution is 5.60. The lowest BCUT2D eigenvalue weighted by atomic mass is 10.1. The molecule has 1 unspecified atom stereocenters. The molecule has 7 heteroatoms. The van der Waals surface area contributed by atoms with Gasteiger partial charge in [-0.1, -0.05) is 0 Å². The number of rotatable bonds is 1. The van der Waals surface area contributed by atoms with E-state index in [-0.39, 0.29) is 18.8 Å². The van der Waals surface area contributed by atoms with Crippen LogP contribution >= 0.6 is 0 Å². The van der Waals surface area contributed by atoms with E-state index in [1.54, 1.807) is 12.4 Å². The van der Waals surface area contributed by atoms with Crippen LogP contribution in [0.25, 0.3) is 0 Å². The predicted molar refractivity (Wildman–Crippen MR) is 54.9 cm³/mol. The van der Waals surface area contributed by atoms with E-state index in [9.17, 15) is 17.6 Å². The van der Waals surface area contributed by atoms with Crippen molar-refractivity contribution in [1.82, 2.24) is 10.4 Å². The van der Waals surface area contributed by atoms with Crippen molar-refractivity contribution in [2.75, 3.05) is 0 Å². The van der Waals surface area contributed by atoms with Crippen molar-refractivity contribution < 1.29 is 17.6 Å². The van der Waals surface area contributed by atoms with Crippen molar-refractivity contribution in [3.05, 3.63) is 29.8 Å². The predicted octanol–water partition coefficient (Wildman–Crippen LogP) is 2.81. The summed E-state index contributed by atoms with van der Waals surface area (Å²) in [5.74, 6) is -0.304. The summed E-state index contributed by atoms with van der Waals surface area (Å²) in [5, 5.41) is 3.85. The van der Waals surface area contributed by atoms with E-state index in [1.807, 2.05) is 0 Å². The molecule has 1 N–H and O–H groups in total. The molecular weight excluding hydrogens is 238 g/mol. The van der Waals surface area contributed by atoms with E-state index in [2.05, 4.69) is 15.5 Å². The van der Waals surface area contributed by atoms with Crippen LogP contribution in [0.1, 0.15) is 24.9 Å². The van der Waals surface area contributed by atoms with Crippen molar-refractivity contribution in [2.24, 2.45) is 5.10 Å². The lowest BCUT2D eigenvalue weighted by Crippen LogP contribution is -2.09. The normalized spacial score (nSPS) is 18.3. The summed E-state index contributed by atoms with van der Waals surface area (Å²) in [6, 6.07) is 1.56. The topological polar surface area (TPSA) is 37.3 Å². The first-order chi connectivity index (χ1) is 7.86. The Balaban J connectivity index is 0.000000249. The highest BCUT2D eigenvalue weighted by atomic mass is 19.4. The molecular formula is C10H11F4N3. The van der Waals surface area contributed by atoms with Gasteiger partial charge in [0.25, 0.3) is 0 Å². The molecule has 0 aromatic carbocycles. The van der Waals surface area contributed by atoms with Gasteiger partial charge in [-0.2, -0.15) is 18.3 Å². The summed E-state index contributed by atoms with van der Waals surface area (Å²) in [7, 11) is 0. The number of alkyl halides is 3. The third-order valence-corrected chi connectivity index (χ3v) is 1.79. The standard InChI is InChI=1S/C8H8FN3.C2H3F3/c9-7-3-6(4-10-5-7)8-1-2-11-12-8;1-2(3,4)5/h2-5,8,12H,1H2;1H3. The molecule has 3 nitrogen and oxygen atoms in total. The molecule has 1 atom stereocenters. The van der Waals surface area contributed by atoms with Gasteiger partial charge in [0.1, 0.15) is 5.82 Å². The fourth-order valence-corrected chi connectivity index (χ4v) is 1.18. The monoisotopic (exact) mass is 249 g/mol. The number of nitrogens with zero attached hydrogens (tertiary/aromatic N) is 2. The van der Waals surface area contributed by atoms with Gasteiger partial charge in [-0.05, 0) is 11.6 Å². The van der Waals surface area contributed by atoms with E-state index in [4.69, 9.17) is 0 Å². The van der Waals surface area contributed by atoms with Crippen LogP contribution in [0.3, 0.4) is 0 Å². The molecule has 17 heavy (non-hydrogen) atoms. The maximum absolute atomic E-state index is 12.7.